The van der Waals surface area contributed by atoms with Crippen LogP contribution in [-0.2, 0) is 13.1 Å². The van der Waals surface area contributed by atoms with Gasteiger partial charge < -0.3 is 10.1 Å². The summed E-state index contributed by atoms with van der Waals surface area (Å²) in [4.78, 5) is 7.02. The minimum Gasteiger partial charge on any atom is -0.497 e. The van der Waals surface area contributed by atoms with Gasteiger partial charge in [0, 0.05) is 24.2 Å². The number of thiazole rings is 1. The molecule has 0 amide bonds. The Morgan fingerprint density at radius 2 is 2.00 bits per heavy atom. The van der Waals surface area contributed by atoms with E-state index in [1.165, 1.54) is 15.3 Å². The number of aromatic nitrogens is 1. The second kappa shape index (κ2) is 6.85. The van der Waals surface area contributed by atoms with Gasteiger partial charge in [-0.3, -0.25) is 0 Å². The van der Waals surface area contributed by atoms with Crippen molar-refractivity contribution in [1.29, 1.82) is 0 Å². The molecule has 5 heteroatoms. The van der Waals surface area contributed by atoms with Crippen LogP contribution in [0.15, 0.2) is 48.0 Å². The van der Waals surface area contributed by atoms with Crippen molar-refractivity contribution in [2.45, 2.75) is 13.1 Å². The summed E-state index contributed by atoms with van der Waals surface area (Å²) in [7, 11) is 1.68. The first-order chi connectivity index (χ1) is 10.3. The maximum atomic E-state index is 5.18. The van der Waals surface area contributed by atoms with Crippen LogP contribution in [0.3, 0.4) is 0 Å². The minimum absolute atomic E-state index is 0.804. The summed E-state index contributed by atoms with van der Waals surface area (Å²) in [6.45, 7) is 1.70. The third-order valence-corrected chi connectivity index (χ3v) is 5.01. The van der Waals surface area contributed by atoms with Crippen molar-refractivity contribution < 1.29 is 4.74 Å². The molecule has 0 saturated heterocycles. The number of ether oxygens (including phenoxy) is 1. The van der Waals surface area contributed by atoms with E-state index in [-0.39, 0.29) is 0 Å². The predicted molar refractivity (Wildman–Crippen MR) is 89.0 cm³/mol. The fourth-order valence-electron chi connectivity index (χ4n) is 1.99. The van der Waals surface area contributed by atoms with Crippen molar-refractivity contribution in [3.8, 4) is 16.2 Å². The van der Waals surface area contributed by atoms with E-state index in [0.717, 1.165) is 23.8 Å². The van der Waals surface area contributed by atoms with Gasteiger partial charge in [0.25, 0.3) is 0 Å². The average molecular weight is 316 g/mol. The second-order valence-corrected chi connectivity index (χ2v) is 6.68. The number of nitrogens with one attached hydrogen (secondary N) is 1. The molecule has 2 aromatic heterocycles. The smallest absolute Gasteiger partial charge is 0.118 e. The van der Waals surface area contributed by atoms with Crippen molar-refractivity contribution in [3.05, 3.63) is 57.9 Å². The highest BCUT2D eigenvalue weighted by molar-refractivity contribution is 7.15. The zero-order chi connectivity index (χ0) is 14.5. The molecule has 108 valence electrons. The Morgan fingerprint density at radius 3 is 2.71 bits per heavy atom. The first kappa shape index (κ1) is 14.3. The molecule has 2 heterocycles. The summed E-state index contributed by atoms with van der Waals surface area (Å²) < 4.78 is 5.18. The molecule has 0 fully saturated rings. The SMILES string of the molecule is COc1ccc(-c2cnc(CNCc3cccs3)s2)cc1. The molecular formula is C16H16N2OS2. The quantitative estimate of drug-likeness (QED) is 0.741. The Bertz CT molecular complexity index is 675. The third-order valence-electron chi connectivity index (χ3n) is 3.08. The summed E-state index contributed by atoms with van der Waals surface area (Å²) in [6, 6.07) is 12.3. The maximum absolute atomic E-state index is 5.18. The van der Waals surface area contributed by atoms with Crippen molar-refractivity contribution in [2.24, 2.45) is 0 Å². The van der Waals surface area contributed by atoms with Gasteiger partial charge in [-0.2, -0.15) is 0 Å². The van der Waals surface area contributed by atoms with Crippen molar-refractivity contribution in [3.63, 3.8) is 0 Å². The van der Waals surface area contributed by atoms with Gasteiger partial charge in [0.1, 0.15) is 10.8 Å². The second-order valence-electron chi connectivity index (χ2n) is 4.53. The van der Waals surface area contributed by atoms with Crippen molar-refractivity contribution >= 4 is 22.7 Å². The summed E-state index contributed by atoms with van der Waals surface area (Å²) >= 11 is 3.50. The lowest BCUT2D eigenvalue weighted by Gasteiger charge is -2.01. The van der Waals surface area contributed by atoms with E-state index in [0.29, 0.717) is 0 Å². The number of hydrogen-bond donors (Lipinski definition) is 1. The molecule has 1 aromatic carbocycles. The van der Waals surface area contributed by atoms with Crippen LogP contribution in [0.25, 0.3) is 10.4 Å². The van der Waals surface area contributed by atoms with E-state index in [1.54, 1.807) is 29.8 Å². The molecule has 3 aromatic rings. The molecule has 0 radical (unpaired) electrons. The topological polar surface area (TPSA) is 34.1 Å². The van der Waals surface area contributed by atoms with E-state index in [1.807, 2.05) is 18.3 Å². The number of benzene rings is 1. The Morgan fingerprint density at radius 1 is 1.14 bits per heavy atom. The van der Waals surface area contributed by atoms with Crippen LogP contribution in [0, 0.1) is 0 Å². The van der Waals surface area contributed by atoms with Crippen LogP contribution in [0.4, 0.5) is 0 Å². The number of rotatable bonds is 6. The lowest BCUT2D eigenvalue weighted by Crippen LogP contribution is -2.11. The number of methoxy groups -OCH3 is 1. The monoisotopic (exact) mass is 316 g/mol. The molecular weight excluding hydrogens is 300 g/mol. The normalized spacial score (nSPS) is 10.7. The van der Waals surface area contributed by atoms with E-state index < -0.39 is 0 Å². The van der Waals surface area contributed by atoms with Gasteiger partial charge in [-0.05, 0) is 41.3 Å². The molecule has 0 saturated carbocycles. The van der Waals surface area contributed by atoms with E-state index in [2.05, 4.69) is 39.9 Å². The van der Waals surface area contributed by atoms with Gasteiger partial charge in [-0.25, -0.2) is 4.98 Å². The van der Waals surface area contributed by atoms with E-state index in [4.69, 9.17) is 4.74 Å². The molecule has 0 atom stereocenters. The van der Waals surface area contributed by atoms with Crippen LogP contribution in [0.5, 0.6) is 5.75 Å². The van der Waals surface area contributed by atoms with Gasteiger partial charge in [0.2, 0.25) is 0 Å². The van der Waals surface area contributed by atoms with Crippen LogP contribution in [-0.4, -0.2) is 12.1 Å². The lowest BCUT2D eigenvalue weighted by molar-refractivity contribution is 0.415. The van der Waals surface area contributed by atoms with Gasteiger partial charge >= 0.3 is 0 Å². The fraction of sp³-hybridized carbons (Fsp3) is 0.188. The molecule has 0 bridgehead atoms. The van der Waals surface area contributed by atoms with Crippen molar-refractivity contribution in [1.82, 2.24) is 10.3 Å². The van der Waals surface area contributed by atoms with Crippen LogP contribution in [0.1, 0.15) is 9.88 Å². The molecule has 3 rings (SSSR count). The summed E-state index contributed by atoms with van der Waals surface area (Å²) in [5, 5.41) is 6.63. The zero-order valence-corrected chi connectivity index (χ0v) is 13.3. The molecule has 1 N–H and O–H groups in total. The van der Waals surface area contributed by atoms with Gasteiger partial charge in [0.15, 0.2) is 0 Å². The third kappa shape index (κ3) is 3.69. The lowest BCUT2D eigenvalue weighted by atomic mass is 10.2. The molecule has 0 aliphatic rings. The molecule has 0 unspecified atom stereocenters. The van der Waals surface area contributed by atoms with Gasteiger partial charge in [0.05, 0.1) is 12.0 Å². The first-order valence-corrected chi connectivity index (χ1v) is 8.37. The van der Waals surface area contributed by atoms with Gasteiger partial charge in [-0.15, -0.1) is 22.7 Å². The summed E-state index contributed by atoms with van der Waals surface area (Å²) in [5.74, 6) is 0.876. The van der Waals surface area contributed by atoms with E-state index >= 15 is 0 Å². The molecule has 3 nitrogen and oxygen atoms in total. The Labute approximate surface area is 132 Å². The van der Waals surface area contributed by atoms with Crippen LogP contribution < -0.4 is 10.1 Å². The van der Waals surface area contributed by atoms with Gasteiger partial charge in [-0.1, -0.05) is 6.07 Å². The Hall–Kier alpha value is -1.69. The number of nitrogens with zero attached hydrogens (tertiary/aromatic N) is 1. The molecule has 0 aliphatic carbocycles. The number of thiophene rings is 1. The average Bonchev–Trinajstić information content (AvgIpc) is 3.19. The summed E-state index contributed by atoms with van der Waals surface area (Å²) in [6.07, 6.45) is 1.94. The standard InChI is InChI=1S/C16H16N2OS2/c1-19-13-6-4-12(5-7-13)15-10-18-16(21-15)11-17-9-14-3-2-8-20-14/h2-8,10,17H,9,11H2,1H3. The number of hydrogen-bond acceptors (Lipinski definition) is 5. The van der Waals surface area contributed by atoms with Crippen LogP contribution >= 0.6 is 22.7 Å². The molecule has 21 heavy (non-hydrogen) atoms. The van der Waals surface area contributed by atoms with E-state index in [9.17, 15) is 0 Å². The van der Waals surface area contributed by atoms with Crippen LogP contribution in [0.2, 0.25) is 0 Å². The van der Waals surface area contributed by atoms with Crippen molar-refractivity contribution in [2.75, 3.05) is 7.11 Å². The molecule has 0 spiro atoms. The highest BCUT2D eigenvalue weighted by Crippen LogP contribution is 2.27. The highest BCUT2D eigenvalue weighted by Gasteiger charge is 2.05. The Balaban J connectivity index is 1.60. The Kier molecular flexibility index (Phi) is 4.65. The summed E-state index contributed by atoms with van der Waals surface area (Å²) in [5.41, 5.74) is 1.18. The fourth-order valence-corrected chi connectivity index (χ4v) is 3.55. The molecule has 0 aliphatic heterocycles. The zero-order valence-electron chi connectivity index (χ0n) is 11.7. The highest BCUT2D eigenvalue weighted by atomic mass is 32.1. The minimum atomic E-state index is 0.804. The first-order valence-electron chi connectivity index (χ1n) is 6.67. The largest absolute Gasteiger partial charge is 0.497 e. The maximum Gasteiger partial charge on any atom is 0.118 e. The predicted octanol–water partition coefficient (Wildman–Crippen LogP) is 4.17.